The van der Waals surface area contributed by atoms with E-state index in [2.05, 4.69) is 11.9 Å². The molecule has 1 amide bonds. The van der Waals surface area contributed by atoms with Gasteiger partial charge in [-0.1, -0.05) is 44.2 Å². The number of aromatic amines is 1. The highest BCUT2D eigenvalue weighted by Gasteiger charge is 2.46. The van der Waals surface area contributed by atoms with Crippen LogP contribution in [-0.4, -0.2) is 35.6 Å². The van der Waals surface area contributed by atoms with Crippen molar-refractivity contribution < 1.29 is 23.7 Å². The van der Waals surface area contributed by atoms with E-state index >= 15 is 0 Å². The Morgan fingerprint density at radius 1 is 1.29 bits per heavy atom. The van der Waals surface area contributed by atoms with Crippen LogP contribution in [0.2, 0.25) is 0 Å². The zero-order valence-electron chi connectivity index (χ0n) is 19.9. The number of carbonyl (C=O) groups excluding carboxylic acids is 1. The predicted molar refractivity (Wildman–Crippen MR) is 131 cm³/mol. The summed E-state index contributed by atoms with van der Waals surface area (Å²) in [6, 6.07) is 11.0. The molecule has 0 saturated heterocycles. The highest BCUT2D eigenvalue weighted by atomic mass is 32.2. The molecule has 35 heavy (non-hydrogen) atoms. The van der Waals surface area contributed by atoms with Gasteiger partial charge in [-0.3, -0.25) is 14.6 Å². The average molecular weight is 496 g/mol. The van der Waals surface area contributed by atoms with Crippen molar-refractivity contribution in [1.82, 2.24) is 10.1 Å². The Morgan fingerprint density at radius 3 is 2.89 bits per heavy atom. The molecule has 0 aliphatic carbocycles. The van der Waals surface area contributed by atoms with Crippen molar-refractivity contribution in [3.05, 3.63) is 52.3 Å². The van der Waals surface area contributed by atoms with Gasteiger partial charge in [0.25, 0.3) is 6.17 Å². The van der Waals surface area contributed by atoms with Gasteiger partial charge in [0, 0.05) is 17.3 Å². The first kappa shape index (κ1) is 23.2. The molecule has 10 heteroatoms. The number of methoxy groups -OCH3 is 1. The summed E-state index contributed by atoms with van der Waals surface area (Å²) in [5, 5.41) is 5.34. The first-order chi connectivity index (χ1) is 17.1. The Bertz CT molecular complexity index is 1340. The summed E-state index contributed by atoms with van der Waals surface area (Å²) in [4.78, 5) is 31.4. The second kappa shape index (κ2) is 9.61. The lowest BCUT2D eigenvalue weighted by atomic mass is 10.0. The Kier molecular flexibility index (Phi) is 6.38. The number of nitrogens with one attached hydrogen (secondary N) is 1. The van der Waals surface area contributed by atoms with E-state index in [4.69, 9.17) is 19.3 Å². The van der Waals surface area contributed by atoms with Gasteiger partial charge < -0.3 is 14.2 Å². The Labute approximate surface area is 207 Å². The Balaban J connectivity index is 1.77. The molecule has 3 heterocycles. The highest BCUT2D eigenvalue weighted by molar-refractivity contribution is 7.99. The van der Waals surface area contributed by atoms with E-state index in [1.807, 2.05) is 43.3 Å². The standard InChI is InChI=1S/C25H26N4O5S/c1-4-6-11-35-25-26-23(31)21-16-9-7-8-10-17(16)28(20(30)5-2)24(29(21)27-25)15-12-18(32-3)22-19(13-15)33-14-34-22/h7-10,12-13,24H,4-6,11,14H2,1-3H3/p+1/t24-/m0/s1. The summed E-state index contributed by atoms with van der Waals surface area (Å²) < 4.78 is 18.4. The number of ether oxygens (including phenoxy) is 3. The van der Waals surface area contributed by atoms with Gasteiger partial charge in [0.05, 0.1) is 23.9 Å². The van der Waals surface area contributed by atoms with Crippen molar-refractivity contribution >= 4 is 23.4 Å². The third-order valence-electron chi connectivity index (χ3n) is 6.04. The van der Waals surface area contributed by atoms with Crippen LogP contribution >= 0.6 is 11.8 Å². The molecule has 0 saturated carbocycles. The van der Waals surface area contributed by atoms with Gasteiger partial charge in [0.2, 0.25) is 23.6 Å². The Hall–Kier alpha value is -3.53. The maximum atomic E-state index is 13.4. The topological polar surface area (TPSA) is 97.6 Å². The van der Waals surface area contributed by atoms with Crippen LogP contribution in [-0.2, 0) is 4.79 Å². The molecule has 1 N–H and O–H groups in total. The molecule has 0 spiro atoms. The normalized spacial score (nSPS) is 15.5. The summed E-state index contributed by atoms with van der Waals surface area (Å²) in [6.07, 6.45) is 1.61. The van der Waals surface area contributed by atoms with E-state index in [1.165, 1.54) is 11.8 Å². The monoisotopic (exact) mass is 495 g/mol. The summed E-state index contributed by atoms with van der Waals surface area (Å²) in [7, 11) is 1.55. The van der Waals surface area contributed by atoms with Crippen LogP contribution in [0.3, 0.4) is 0 Å². The number of amides is 1. The van der Waals surface area contributed by atoms with Gasteiger partial charge in [-0.25, -0.2) is 4.90 Å². The fourth-order valence-corrected chi connectivity index (χ4v) is 5.33. The number of benzene rings is 2. The van der Waals surface area contributed by atoms with Gasteiger partial charge in [0.1, 0.15) is 0 Å². The maximum absolute atomic E-state index is 13.4. The third kappa shape index (κ3) is 4.01. The largest absolute Gasteiger partial charge is 0.493 e. The minimum Gasteiger partial charge on any atom is -0.493 e. The second-order valence-electron chi connectivity index (χ2n) is 8.22. The lowest BCUT2D eigenvalue weighted by Crippen LogP contribution is -2.60. The number of rotatable bonds is 7. The van der Waals surface area contributed by atoms with Crippen LogP contribution in [0.4, 0.5) is 5.69 Å². The van der Waals surface area contributed by atoms with Gasteiger partial charge in [-0.2, -0.15) is 0 Å². The number of thioether (sulfide) groups is 1. The molecule has 182 valence electrons. The predicted octanol–water partition coefficient (Wildman–Crippen LogP) is 3.66. The summed E-state index contributed by atoms with van der Waals surface area (Å²) >= 11 is 1.49. The molecule has 1 atom stereocenters. The first-order valence-corrected chi connectivity index (χ1v) is 12.6. The van der Waals surface area contributed by atoms with Crippen LogP contribution in [0, 0.1) is 0 Å². The second-order valence-corrected chi connectivity index (χ2v) is 9.30. The minimum atomic E-state index is -0.719. The van der Waals surface area contributed by atoms with Crippen molar-refractivity contribution in [3.63, 3.8) is 0 Å². The number of nitrogens with zero attached hydrogens (tertiary/aromatic N) is 3. The maximum Gasteiger partial charge on any atom is 0.325 e. The van der Waals surface area contributed by atoms with E-state index in [1.54, 1.807) is 16.7 Å². The van der Waals surface area contributed by atoms with Crippen LogP contribution in [0.5, 0.6) is 17.2 Å². The SMILES string of the molecule is CCCCSc1n[n+]2c(c(=O)[nH]1)-c1ccccc1N(C(=O)CC)[C@@H]2c1cc(OC)c2c(c1)OCO2. The van der Waals surface area contributed by atoms with Gasteiger partial charge >= 0.3 is 11.3 Å². The van der Waals surface area contributed by atoms with Crippen molar-refractivity contribution in [3.8, 4) is 28.5 Å². The molecular formula is C25H27N4O5S+. The van der Waals surface area contributed by atoms with E-state index in [9.17, 15) is 9.59 Å². The summed E-state index contributed by atoms with van der Waals surface area (Å²) in [5.74, 6) is 2.25. The van der Waals surface area contributed by atoms with Crippen molar-refractivity contribution in [2.24, 2.45) is 0 Å². The molecule has 1 aromatic heterocycles. The van der Waals surface area contributed by atoms with Gasteiger partial charge in [-0.15, -0.1) is 0 Å². The molecule has 5 rings (SSSR count). The summed E-state index contributed by atoms with van der Waals surface area (Å²) in [5.41, 5.74) is 2.13. The molecule has 0 fully saturated rings. The number of fused-ring (bicyclic) bond motifs is 4. The van der Waals surface area contributed by atoms with E-state index < -0.39 is 6.17 Å². The zero-order valence-corrected chi connectivity index (χ0v) is 20.7. The van der Waals surface area contributed by atoms with Crippen LogP contribution < -0.4 is 29.4 Å². The van der Waals surface area contributed by atoms with Crippen LogP contribution in [0.15, 0.2) is 46.3 Å². The van der Waals surface area contributed by atoms with Crippen molar-refractivity contribution in [1.29, 1.82) is 0 Å². The van der Waals surface area contributed by atoms with Crippen LogP contribution in [0.25, 0.3) is 11.3 Å². The van der Waals surface area contributed by atoms with E-state index in [0.29, 0.717) is 44.9 Å². The molecule has 0 radical (unpaired) electrons. The van der Waals surface area contributed by atoms with Crippen LogP contribution in [0.1, 0.15) is 44.8 Å². The molecule has 3 aromatic rings. The number of unbranched alkanes of at least 4 members (excludes halogenated alkanes) is 1. The van der Waals surface area contributed by atoms with E-state index in [0.717, 1.165) is 18.6 Å². The number of anilines is 1. The number of aromatic nitrogens is 3. The van der Waals surface area contributed by atoms with Crippen molar-refractivity contribution in [2.45, 2.75) is 44.4 Å². The molecule has 0 bridgehead atoms. The average Bonchev–Trinajstić information content (AvgIpc) is 3.35. The first-order valence-electron chi connectivity index (χ1n) is 11.6. The van der Waals surface area contributed by atoms with Gasteiger partial charge in [-0.05, 0) is 35.4 Å². The molecule has 2 aliphatic heterocycles. The fourth-order valence-electron chi connectivity index (χ4n) is 4.39. The molecule has 2 aliphatic rings. The highest BCUT2D eigenvalue weighted by Crippen LogP contribution is 2.45. The zero-order chi connectivity index (χ0) is 24.5. The fraction of sp³-hybridized carbons (Fsp3) is 0.360. The lowest BCUT2D eigenvalue weighted by Gasteiger charge is -2.32. The minimum absolute atomic E-state index is 0.0834. The van der Waals surface area contributed by atoms with Gasteiger partial charge in [0.15, 0.2) is 11.5 Å². The summed E-state index contributed by atoms with van der Waals surface area (Å²) in [6.45, 7) is 4.02. The molecule has 9 nitrogen and oxygen atoms in total. The molecule has 0 unspecified atom stereocenters. The number of H-pyrrole nitrogens is 1. The molecule has 2 aromatic carbocycles. The number of hydrogen-bond donors (Lipinski definition) is 1. The molecular weight excluding hydrogens is 468 g/mol. The number of para-hydroxylation sites is 1. The third-order valence-corrected chi connectivity index (χ3v) is 6.99. The quantitative estimate of drug-likeness (QED) is 0.304. The lowest BCUT2D eigenvalue weighted by molar-refractivity contribution is -0.763. The number of hydrogen-bond acceptors (Lipinski definition) is 7. The number of carbonyl (C=O) groups is 1. The van der Waals surface area contributed by atoms with Crippen molar-refractivity contribution in [2.75, 3.05) is 24.6 Å². The smallest absolute Gasteiger partial charge is 0.325 e. The van der Waals surface area contributed by atoms with E-state index in [-0.39, 0.29) is 24.7 Å². The Morgan fingerprint density at radius 2 is 2.11 bits per heavy atom.